The summed E-state index contributed by atoms with van der Waals surface area (Å²) in [6, 6.07) is 13.4. The number of carbonyl (C=O) groups excluding carboxylic acids is 1. The molecule has 0 aliphatic carbocycles. The number of nitrogens with zero attached hydrogens (tertiary/aromatic N) is 3. The SMILES string of the molecule is O=C(CCSc1ccc(Cl)cc1)N(CCCN1CCOCC1)c1nc2ccc(Cl)cc2s1. The first-order chi connectivity index (χ1) is 15.6. The van der Waals surface area contributed by atoms with Crippen molar-refractivity contribution >= 4 is 67.6 Å². The van der Waals surface area contributed by atoms with Crippen LogP contribution in [0, 0.1) is 0 Å². The molecule has 32 heavy (non-hydrogen) atoms. The van der Waals surface area contributed by atoms with Crippen LogP contribution < -0.4 is 4.90 Å². The molecule has 5 nitrogen and oxygen atoms in total. The smallest absolute Gasteiger partial charge is 0.229 e. The van der Waals surface area contributed by atoms with E-state index in [1.807, 2.05) is 47.4 Å². The van der Waals surface area contributed by atoms with Crippen LogP contribution in [-0.4, -0.2) is 60.9 Å². The first-order valence-electron chi connectivity index (χ1n) is 10.6. The van der Waals surface area contributed by atoms with E-state index >= 15 is 0 Å². The van der Waals surface area contributed by atoms with Gasteiger partial charge in [-0.15, -0.1) is 11.8 Å². The fourth-order valence-electron chi connectivity index (χ4n) is 3.53. The van der Waals surface area contributed by atoms with Gasteiger partial charge in [-0.25, -0.2) is 4.98 Å². The molecule has 2 heterocycles. The van der Waals surface area contributed by atoms with Crippen LogP contribution in [-0.2, 0) is 9.53 Å². The number of amides is 1. The normalized spacial score (nSPS) is 14.7. The van der Waals surface area contributed by atoms with Gasteiger partial charge in [0.2, 0.25) is 5.91 Å². The summed E-state index contributed by atoms with van der Waals surface area (Å²) in [6.07, 6.45) is 1.34. The molecule has 2 aromatic carbocycles. The lowest BCUT2D eigenvalue weighted by molar-refractivity contribution is -0.118. The average Bonchev–Trinajstić information content (AvgIpc) is 3.21. The fourth-order valence-corrected chi connectivity index (χ4v) is 5.78. The predicted molar refractivity (Wildman–Crippen MR) is 136 cm³/mol. The second kappa shape index (κ2) is 11.7. The molecule has 3 aromatic rings. The van der Waals surface area contributed by atoms with Gasteiger partial charge in [-0.3, -0.25) is 14.6 Å². The highest BCUT2D eigenvalue weighted by atomic mass is 35.5. The lowest BCUT2D eigenvalue weighted by Crippen LogP contribution is -2.39. The van der Waals surface area contributed by atoms with Gasteiger partial charge in [-0.1, -0.05) is 34.5 Å². The summed E-state index contributed by atoms with van der Waals surface area (Å²) in [5.74, 6) is 0.801. The lowest BCUT2D eigenvalue weighted by atomic mass is 10.3. The van der Waals surface area contributed by atoms with E-state index in [0.717, 1.165) is 59.5 Å². The fraction of sp³-hybridized carbons (Fsp3) is 0.391. The number of anilines is 1. The number of morpholine rings is 1. The van der Waals surface area contributed by atoms with Crippen molar-refractivity contribution in [2.75, 3.05) is 50.0 Å². The Morgan fingerprint density at radius 3 is 2.66 bits per heavy atom. The highest BCUT2D eigenvalue weighted by Gasteiger charge is 2.20. The van der Waals surface area contributed by atoms with E-state index in [1.165, 1.54) is 11.3 Å². The van der Waals surface area contributed by atoms with E-state index in [1.54, 1.807) is 11.8 Å². The van der Waals surface area contributed by atoms with E-state index in [2.05, 4.69) is 4.90 Å². The number of aromatic nitrogens is 1. The number of rotatable bonds is 9. The van der Waals surface area contributed by atoms with Gasteiger partial charge in [-0.05, 0) is 48.9 Å². The number of thioether (sulfide) groups is 1. The molecule has 1 saturated heterocycles. The minimum absolute atomic E-state index is 0.0959. The molecule has 0 N–H and O–H groups in total. The molecule has 170 valence electrons. The summed E-state index contributed by atoms with van der Waals surface area (Å²) in [6.45, 7) is 5.06. The average molecular weight is 511 g/mol. The molecule has 9 heteroatoms. The molecule has 0 spiro atoms. The highest BCUT2D eigenvalue weighted by Crippen LogP contribution is 2.31. The van der Waals surface area contributed by atoms with Crippen LogP contribution in [0.2, 0.25) is 10.0 Å². The Morgan fingerprint density at radius 1 is 1.12 bits per heavy atom. The van der Waals surface area contributed by atoms with Crippen molar-refractivity contribution in [1.29, 1.82) is 0 Å². The maximum absolute atomic E-state index is 13.2. The van der Waals surface area contributed by atoms with Crippen LogP contribution in [0.25, 0.3) is 10.2 Å². The zero-order valence-electron chi connectivity index (χ0n) is 17.6. The number of thiazole rings is 1. The van der Waals surface area contributed by atoms with E-state index < -0.39 is 0 Å². The molecule has 1 aromatic heterocycles. The maximum Gasteiger partial charge on any atom is 0.229 e. The molecule has 1 aliphatic heterocycles. The molecule has 0 atom stereocenters. The number of ether oxygens (including phenoxy) is 1. The van der Waals surface area contributed by atoms with Gasteiger partial charge in [0, 0.05) is 53.3 Å². The second-order valence-corrected chi connectivity index (χ2v) is 10.6. The van der Waals surface area contributed by atoms with E-state index in [4.69, 9.17) is 32.9 Å². The van der Waals surface area contributed by atoms with Crippen molar-refractivity contribution in [3.63, 3.8) is 0 Å². The Bertz CT molecular complexity index is 1040. The zero-order valence-corrected chi connectivity index (χ0v) is 20.8. The second-order valence-electron chi connectivity index (χ2n) is 7.51. The summed E-state index contributed by atoms with van der Waals surface area (Å²) in [7, 11) is 0. The van der Waals surface area contributed by atoms with Crippen LogP contribution in [0.15, 0.2) is 47.4 Å². The number of fused-ring (bicyclic) bond motifs is 1. The summed E-state index contributed by atoms with van der Waals surface area (Å²) in [5, 5.41) is 2.14. The van der Waals surface area contributed by atoms with Crippen molar-refractivity contribution < 1.29 is 9.53 Å². The first kappa shape index (κ1) is 23.8. The number of hydrogen-bond donors (Lipinski definition) is 0. The Kier molecular flexibility index (Phi) is 8.68. The standard InChI is InChI=1S/C23H25Cl2N3O2S2/c24-17-2-5-19(6-3-17)31-15-8-22(29)28(10-1-9-27-11-13-30-14-12-27)23-26-20-7-4-18(25)16-21(20)32-23/h2-7,16H,1,8-15H2. The van der Waals surface area contributed by atoms with Crippen LogP contribution in [0.3, 0.4) is 0 Å². The van der Waals surface area contributed by atoms with Crippen LogP contribution in [0.5, 0.6) is 0 Å². The van der Waals surface area contributed by atoms with Gasteiger partial charge in [0.25, 0.3) is 0 Å². The molecule has 0 bridgehead atoms. The Morgan fingerprint density at radius 2 is 1.88 bits per heavy atom. The van der Waals surface area contributed by atoms with Crippen molar-refractivity contribution in [3.8, 4) is 0 Å². The molecule has 0 saturated carbocycles. The van der Waals surface area contributed by atoms with Crippen molar-refractivity contribution in [2.45, 2.75) is 17.7 Å². The van der Waals surface area contributed by atoms with E-state index in [-0.39, 0.29) is 5.91 Å². The number of benzene rings is 2. The third-order valence-electron chi connectivity index (χ3n) is 5.23. The van der Waals surface area contributed by atoms with Crippen LogP contribution >= 0.6 is 46.3 Å². The highest BCUT2D eigenvalue weighted by molar-refractivity contribution is 7.99. The minimum Gasteiger partial charge on any atom is -0.379 e. The monoisotopic (exact) mass is 509 g/mol. The largest absolute Gasteiger partial charge is 0.379 e. The Balaban J connectivity index is 1.41. The van der Waals surface area contributed by atoms with Crippen LogP contribution in [0.1, 0.15) is 12.8 Å². The van der Waals surface area contributed by atoms with E-state index in [9.17, 15) is 4.79 Å². The van der Waals surface area contributed by atoms with Crippen molar-refractivity contribution in [1.82, 2.24) is 9.88 Å². The van der Waals surface area contributed by atoms with Gasteiger partial charge in [0.1, 0.15) is 0 Å². The van der Waals surface area contributed by atoms with Gasteiger partial charge in [0.05, 0.1) is 23.4 Å². The summed E-state index contributed by atoms with van der Waals surface area (Å²) in [4.78, 5) is 23.3. The maximum atomic E-state index is 13.2. The van der Waals surface area contributed by atoms with Gasteiger partial charge in [0.15, 0.2) is 5.13 Å². The number of carbonyl (C=O) groups is 1. The molecular formula is C23H25Cl2N3O2S2. The first-order valence-corrected chi connectivity index (χ1v) is 13.2. The molecule has 4 rings (SSSR count). The number of halogens is 2. The van der Waals surface area contributed by atoms with Gasteiger partial charge < -0.3 is 4.74 Å². The predicted octanol–water partition coefficient (Wildman–Crippen LogP) is 5.84. The van der Waals surface area contributed by atoms with E-state index in [0.29, 0.717) is 28.8 Å². The van der Waals surface area contributed by atoms with Crippen molar-refractivity contribution in [3.05, 3.63) is 52.5 Å². The van der Waals surface area contributed by atoms with Gasteiger partial charge >= 0.3 is 0 Å². The molecule has 1 amide bonds. The zero-order chi connectivity index (χ0) is 22.3. The number of hydrogen-bond acceptors (Lipinski definition) is 6. The Hall–Kier alpha value is -1.35. The third-order valence-corrected chi connectivity index (χ3v) is 7.77. The minimum atomic E-state index is 0.0959. The summed E-state index contributed by atoms with van der Waals surface area (Å²) in [5.41, 5.74) is 0.871. The molecule has 1 fully saturated rings. The molecule has 0 unspecified atom stereocenters. The third kappa shape index (κ3) is 6.59. The summed E-state index contributed by atoms with van der Waals surface area (Å²) >= 11 is 15.3. The summed E-state index contributed by atoms with van der Waals surface area (Å²) < 4.78 is 6.42. The Labute approximate surface area is 206 Å². The lowest BCUT2D eigenvalue weighted by Gasteiger charge is -2.27. The molecule has 1 aliphatic rings. The molecule has 0 radical (unpaired) electrons. The van der Waals surface area contributed by atoms with Gasteiger partial charge in [-0.2, -0.15) is 0 Å². The molecular weight excluding hydrogens is 485 g/mol. The van der Waals surface area contributed by atoms with Crippen LogP contribution in [0.4, 0.5) is 5.13 Å². The van der Waals surface area contributed by atoms with Crippen molar-refractivity contribution in [2.24, 2.45) is 0 Å². The quantitative estimate of drug-likeness (QED) is 0.339. The topological polar surface area (TPSA) is 45.7 Å².